The Morgan fingerprint density at radius 2 is 2.09 bits per heavy atom. The number of carbonyl (C=O) groups excluding carboxylic acids is 1. The Hall–Kier alpha value is -2.34. The van der Waals surface area contributed by atoms with Crippen LogP contribution in [0.5, 0.6) is 5.75 Å². The molecule has 0 unspecified atom stereocenters. The van der Waals surface area contributed by atoms with Crippen LogP contribution in [0.1, 0.15) is 24.2 Å². The summed E-state index contributed by atoms with van der Waals surface area (Å²) in [6.45, 7) is 5.31. The van der Waals surface area contributed by atoms with E-state index in [9.17, 15) is 9.59 Å². The number of hydrogen-bond acceptors (Lipinski definition) is 5. The number of nitrogens with zero attached hydrogens (tertiary/aromatic N) is 1. The minimum absolute atomic E-state index is 0.0480. The van der Waals surface area contributed by atoms with Crippen LogP contribution in [0.15, 0.2) is 29.2 Å². The van der Waals surface area contributed by atoms with Gasteiger partial charge in [-0.25, -0.2) is 4.79 Å². The molecule has 6 nitrogen and oxygen atoms in total. The second-order valence-electron chi connectivity index (χ2n) is 4.69. The minimum atomic E-state index is -0.597. The number of benzene rings is 1. The van der Waals surface area contributed by atoms with Crippen molar-refractivity contribution in [3.63, 3.8) is 0 Å². The molecule has 0 aliphatic carbocycles. The van der Waals surface area contributed by atoms with Gasteiger partial charge < -0.3 is 19.8 Å². The van der Waals surface area contributed by atoms with E-state index in [0.29, 0.717) is 30.8 Å². The van der Waals surface area contributed by atoms with Gasteiger partial charge >= 0.3 is 5.97 Å². The summed E-state index contributed by atoms with van der Waals surface area (Å²) in [5, 5.41) is 0.465. The maximum absolute atomic E-state index is 12.5. The quantitative estimate of drug-likeness (QED) is 0.818. The third-order valence-corrected chi connectivity index (χ3v) is 3.28. The number of aryl methyl sites for hydroxylation is 1. The highest BCUT2D eigenvalue weighted by Gasteiger charge is 2.16. The first-order valence-electron chi connectivity index (χ1n) is 7.29. The molecule has 0 bridgehead atoms. The van der Waals surface area contributed by atoms with Crippen LogP contribution in [0.3, 0.4) is 0 Å². The van der Waals surface area contributed by atoms with Gasteiger partial charge in [-0.05, 0) is 26.0 Å². The van der Waals surface area contributed by atoms with Gasteiger partial charge in [0.2, 0.25) is 5.43 Å². The normalized spacial score (nSPS) is 10.7. The van der Waals surface area contributed by atoms with Crippen LogP contribution in [0.4, 0.5) is 0 Å². The van der Waals surface area contributed by atoms with Crippen molar-refractivity contribution in [3.05, 3.63) is 40.2 Å². The van der Waals surface area contributed by atoms with E-state index in [2.05, 4.69) is 0 Å². The summed E-state index contributed by atoms with van der Waals surface area (Å²) < 4.78 is 12.3. The molecule has 2 rings (SSSR count). The number of esters is 1. The Morgan fingerprint density at radius 1 is 1.32 bits per heavy atom. The summed E-state index contributed by atoms with van der Waals surface area (Å²) in [7, 11) is 0. The molecule has 0 amide bonds. The summed E-state index contributed by atoms with van der Waals surface area (Å²) in [6.07, 6.45) is 1.54. The molecule has 0 aliphatic rings. The third kappa shape index (κ3) is 3.12. The van der Waals surface area contributed by atoms with Gasteiger partial charge in [0, 0.05) is 30.7 Å². The predicted octanol–water partition coefficient (Wildman–Crippen LogP) is 1.54. The standard InChI is InChI=1S/C16H20N2O4/c1-3-18-10-13(16(20)21-4-2)15(19)12-6-5-11(9-14(12)18)22-8-7-17/h5-6,9-10H,3-4,7-8,17H2,1-2H3. The van der Waals surface area contributed by atoms with Crippen LogP contribution in [-0.2, 0) is 11.3 Å². The minimum Gasteiger partial charge on any atom is -0.492 e. The number of carbonyl (C=O) groups is 1. The maximum Gasteiger partial charge on any atom is 0.343 e. The van der Waals surface area contributed by atoms with Crippen LogP contribution in [-0.4, -0.2) is 30.3 Å². The van der Waals surface area contributed by atoms with Crippen molar-refractivity contribution >= 4 is 16.9 Å². The molecule has 0 aliphatic heterocycles. The smallest absolute Gasteiger partial charge is 0.343 e. The average molecular weight is 304 g/mol. The van der Waals surface area contributed by atoms with E-state index < -0.39 is 5.97 Å². The monoisotopic (exact) mass is 304 g/mol. The first-order valence-corrected chi connectivity index (χ1v) is 7.29. The zero-order valence-electron chi connectivity index (χ0n) is 12.8. The van der Waals surface area contributed by atoms with Crippen LogP contribution in [0.2, 0.25) is 0 Å². The molecule has 22 heavy (non-hydrogen) atoms. The van der Waals surface area contributed by atoms with Crippen molar-refractivity contribution in [2.75, 3.05) is 19.8 Å². The van der Waals surface area contributed by atoms with E-state index in [1.165, 1.54) is 6.20 Å². The van der Waals surface area contributed by atoms with Crippen LogP contribution in [0, 0.1) is 0 Å². The number of pyridine rings is 1. The molecular weight excluding hydrogens is 284 g/mol. The number of fused-ring (bicyclic) bond motifs is 1. The van der Waals surface area contributed by atoms with Crippen molar-refractivity contribution in [2.24, 2.45) is 5.73 Å². The molecule has 0 atom stereocenters. The summed E-state index contributed by atoms with van der Waals surface area (Å²) in [6, 6.07) is 5.15. The van der Waals surface area contributed by atoms with Gasteiger partial charge in [0.05, 0.1) is 12.1 Å². The van der Waals surface area contributed by atoms with Crippen LogP contribution >= 0.6 is 0 Å². The maximum atomic E-state index is 12.5. The van der Waals surface area contributed by atoms with Gasteiger partial charge in [0.15, 0.2) is 0 Å². The number of rotatable bonds is 6. The van der Waals surface area contributed by atoms with E-state index in [-0.39, 0.29) is 17.6 Å². The van der Waals surface area contributed by atoms with Gasteiger partial charge in [-0.15, -0.1) is 0 Å². The highest BCUT2D eigenvalue weighted by Crippen LogP contribution is 2.20. The van der Waals surface area contributed by atoms with Crippen molar-refractivity contribution in [1.82, 2.24) is 4.57 Å². The average Bonchev–Trinajstić information content (AvgIpc) is 2.53. The molecule has 2 aromatic rings. The highest BCUT2D eigenvalue weighted by molar-refractivity contribution is 5.94. The topological polar surface area (TPSA) is 83.6 Å². The molecule has 0 radical (unpaired) electrons. The molecule has 1 heterocycles. The lowest BCUT2D eigenvalue weighted by Crippen LogP contribution is -2.20. The van der Waals surface area contributed by atoms with Crippen LogP contribution < -0.4 is 15.9 Å². The lowest BCUT2D eigenvalue weighted by Gasteiger charge is -2.13. The Labute approximate surface area is 128 Å². The van der Waals surface area contributed by atoms with Crippen LogP contribution in [0.25, 0.3) is 10.9 Å². The fraction of sp³-hybridized carbons (Fsp3) is 0.375. The highest BCUT2D eigenvalue weighted by atomic mass is 16.5. The van der Waals surface area contributed by atoms with Gasteiger partial charge in [-0.3, -0.25) is 4.79 Å². The SMILES string of the molecule is CCOC(=O)c1cn(CC)c2cc(OCCN)ccc2c1=O. The zero-order valence-corrected chi connectivity index (χ0v) is 12.8. The summed E-state index contributed by atoms with van der Waals surface area (Å²) in [4.78, 5) is 24.4. The van der Waals surface area contributed by atoms with E-state index in [1.807, 2.05) is 11.5 Å². The second kappa shape index (κ2) is 7.09. The third-order valence-electron chi connectivity index (χ3n) is 3.28. The fourth-order valence-electron chi connectivity index (χ4n) is 2.25. The zero-order chi connectivity index (χ0) is 16.1. The summed E-state index contributed by atoms with van der Waals surface area (Å²) in [5.74, 6) is 0.0449. The first kappa shape index (κ1) is 16.0. The molecule has 1 aromatic heterocycles. The largest absolute Gasteiger partial charge is 0.492 e. The summed E-state index contributed by atoms with van der Waals surface area (Å²) >= 11 is 0. The second-order valence-corrected chi connectivity index (χ2v) is 4.69. The molecule has 2 N–H and O–H groups in total. The predicted molar refractivity (Wildman–Crippen MR) is 84.4 cm³/mol. The molecular formula is C16H20N2O4. The van der Waals surface area contributed by atoms with Gasteiger partial charge in [0.1, 0.15) is 17.9 Å². The Morgan fingerprint density at radius 3 is 2.73 bits per heavy atom. The molecule has 1 aromatic carbocycles. The molecule has 0 saturated heterocycles. The van der Waals surface area contributed by atoms with Crippen molar-refractivity contribution < 1.29 is 14.3 Å². The van der Waals surface area contributed by atoms with Crippen molar-refractivity contribution in [1.29, 1.82) is 0 Å². The lowest BCUT2D eigenvalue weighted by molar-refractivity contribution is 0.0524. The van der Waals surface area contributed by atoms with E-state index in [4.69, 9.17) is 15.2 Å². The number of ether oxygens (including phenoxy) is 2. The van der Waals surface area contributed by atoms with Crippen molar-refractivity contribution in [3.8, 4) is 5.75 Å². The van der Waals surface area contributed by atoms with Gasteiger partial charge in [0.25, 0.3) is 0 Å². The van der Waals surface area contributed by atoms with E-state index in [0.717, 1.165) is 5.52 Å². The molecule has 118 valence electrons. The van der Waals surface area contributed by atoms with Gasteiger partial charge in [-0.2, -0.15) is 0 Å². The summed E-state index contributed by atoms with van der Waals surface area (Å²) in [5.41, 5.74) is 5.85. The Balaban J connectivity index is 2.59. The van der Waals surface area contributed by atoms with E-state index >= 15 is 0 Å². The Bertz CT molecular complexity index is 737. The molecule has 6 heteroatoms. The lowest BCUT2D eigenvalue weighted by atomic mass is 10.1. The first-order chi connectivity index (χ1) is 10.6. The van der Waals surface area contributed by atoms with Crippen molar-refractivity contribution in [2.45, 2.75) is 20.4 Å². The van der Waals surface area contributed by atoms with Gasteiger partial charge in [-0.1, -0.05) is 0 Å². The molecule has 0 saturated carbocycles. The number of hydrogen-bond donors (Lipinski definition) is 1. The Kier molecular flexibility index (Phi) is 5.16. The molecule has 0 fully saturated rings. The van der Waals surface area contributed by atoms with E-state index in [1.54, 1.807) is 25.1 Å². The number of nitrogens with two attached hydrogens (primary N) is 1. The number of aromatic nitrogens is 1. The fourth-order valence-corrected chi connectivity index (χ4v) is 2.25. The molecule has 0 spiro atoms.